The van der Waals surface area contributed by atoms with Crippen LogP contribution in [0.3, 0.4) is 0 Å². The van der Waals surface area contributed by atoms with Gasteiger partial charge in [0.15, 0.2) is 6.10 Å². The van der Waals surface area contributed by atoms with E-state index >= 15 is 0 Å². The zero-order valence-corrected chi connectivity index (χ0v) is 64.2. The van der Waals surface area contributed by atoms with E-state index in [2.05, 4.69) is 135 Å². The van der Waals surface area contributed by atoms with Crippen molar-refractivity contribution in [3.05, 3.63) is 122 Å². The Bertz CT molecular complexity index is 2040. The van der Waals surface area contributed by atoms with E-state index in [0.717, 1.165) is 96.3 Å². The van der Waals surface area contributed by atoms with Crippen LogP contribution in [0.25, 0.3) is 0 Å². The number of unbranched alkanes of at least 4 members (excludes halogenated alkanes) is 40. The molecule has 0 saturated heterocycles. The van der Waals surface area contributed by atoms with Crippen molar-refractivity contribution in [2.45, 2.75) is 367 Å². The zero-order chi connectivity index (χ0) is 69.7. The molecule has 0 aliphatic heterocycles. The second-order valence-electron chi connectivity index (χ2n) is 28.0. The van der Waals surface area contributed by atoms with Crippen LogP contribution in [-0.2, 0) is 32.7 Å². The molecule has 10 heteroatoms. The number of nitrogens with zero attached hydrogens (tertiary/aromatic N) is 1. The Kier molecular flexibility index (Phi) is 72.8. The van der Waals surface area contributed by atoms with E-state index in [9.17, 15) is 19.0 Å². The number of quaternary nitrogens is 1. The molecule has 0 fully saturated rings. The average molecular weight is 1360 g/mol. The van der Waals surface area contributed by atoms with Crippen molar-refractivity contribution < 1.29 is 42.1 Å². The highest BCUT2D eigenvalue weighted by atomic mass is 31.2. The van der Waals surface area contributed by atoms with Crippen molar-refractivity contribution >= 4 is 19.8 Å². The lowest BCUT2D eigenvalue weighted by atomic mass is 10.0. The molecule has 2 atom stereocenters. The molecule has 2 unspecified atom stereocenters. The van der Waals surface area contributed by atoms with Crippen molar-refractivity contribution in [1.82, 2.24) is 0 Å². The molecule has 554 valence electrons. The quantitative estimate of drug-likeness (QED) is 0.0211. The fourth-order valence-corrected chi connectivity index (χ4v) is 12.2. The van der Waals surface area contributed by atoms with Gasteiger partial charge >= 0.3 is 19.8 Å². The third-order valence-corrected chi connectivity index (χ3v) is 18.5. The monoisotopic (exact) mass is 1360 g/mol. The molecule has 0 aliphatic carbocycles. The van der Waals surface area contributed by atoms with Crippen LogP contribution in [0.2, 0.25) is 0 Å². The van der Waals surface area contributed by atoms with Gasteiger partial charge in [0.2, 0.25) is 0 Å². The summed E-state index contributed by atoms with van der Waals surface area (Å²) in [5.41, 5.74) is 0. The van der Waals surface area contributed by atoms with Crippen molar-refractivity contribution in [3.8, 4) is 0 Å². The summed E-state index contributed by atoms with van der Waals surface area (Å²) in [6.45, 7) is 4.25. The SMILES string of the molecule is CC/C=C\C/C=C\C/C=C\C/C=C\C/C=C\C/C=C\CCCCCCCCCCCCCCCCCCCCC(=O)OC(COC(=O)CCCCCCCCCCCCCCCCCCCCCCCC/C=C\C/C=C\C/C=C\C/C=C\CC)COP(=O)(O)OCC[N+](C)(C)C. The maximum absolute atomic E-state index is 12.9. The number of phosphoric ester groups is 1. The Morgan fingerprint density at radius 3 is 0.833 bits per heavy atom. The Labute approximate surface area is 594 Å². The van der Waals surface area contributed by atoms with Gasteiger partial charge in [-0.05, 0) is 103 Å². The van der Waals surface area contributed by atoms with Crippen LogP contribution >= 0.6 is 7.82 Å². The van der Waals surface area contributed by atoms with E-state index in [1.807, 2.05) is 21.1 Å². The van der Waals surface area contributed by atoms with E-state index < -0.39 is 26.5 Å². The highest BCUT2D eigenvalue weighted by molar-refractivity contribution is 7.47. The van der Waals surface area contributed by atoms with Crippen LogP contribution in [0.1, 0.15) is 361 Å². The van der Waals surface area contributed by atoms with Gasteiger partial charge in [-0.25, -0.2) is 4.57 Å². The summed E-state index contributed by atoms with van der Waals surface area (Å²) in [7, 11) is 1.49. The molecule has 0 heterocycles. The van der Waals surface area contributed by atoms with Crippen LogP contribution < -0.4 is 0 Å². The molecule has 0 aromatic rings. The molecule has 0 rings (SSSR count). The molecule has 0 radical (unpaired) electrons. The first-order valence-corrected chi connectivity index (χ1v) is 41.8. The van der Waals surface area contributed by atoms with Crippen LogP contribution in [0.5, 0.6) is 0 Å². The molecule has 9 nitrogen and oxygen atoms in total. The van der Waals surface area contributed by atoms with Crippen LogP contribution in [-0.4, -0.2) is 74.9 Å². The summed E-state index contributed by atoms with van der Waals surface area (Å²) in [4.78, 5) is 36.0. The van der Waals surface area contributed by atoms with Gasteiger partial charge in [-0.1, -0.05) is 367 Å². The Morgan fingerprint density at radius 1 is 0.323 bits per heavy atom. The number of allylic oxidation sites excluding steroid dienone is 20. The van der Waals surface area contributed by atoms with Gasteiger partial charge in [-0.2, -0.15) is 0 Å². The molecule has 0 saturated carbocycles. The lowest BCUT2D eigenvalue weighted by molar-refractivity contribution is -0.870. The average Bonchev–Trinajstić information content (AvgIpc) is 2.72. The van der Waals surface area contributed by atoms with Crippen LogP contribution in [0.4, 0.5) is 0 Å². The zero-order valence-electron chi connectivity index (χ0n) is 63.3. The van der Waals surface area contributed by atoms with Gasteiger partial charge in [0, 0.05) is 12.8 Å². The van der Waals surface area contributed by atoms with Gasteiger partial charge in [-0.3, -0.25) is 18.6 Å². The van der Waals surface area contributed by atoms with Crippen molar-refractivity contribution in [2.24, 2.45) is 0 Å². The summed E-state index contributed by atoms with van der Waals surface area (Å²) >= 11 is 0. The Balaban J connectivity index is 3.94. The van der Waals surface area contributed by atoms with Gasteiger partial charge in [-0.15, -0.1) is 0 Å². The first kappa shape index (κ1) is 92.4. The van der Waals surface area contributed by atoms with E-state index in [1.165, 1.54) is 231 Å². The van der Waals surface area contributed by atoms with Gasteiger partial charge < -0.3 is 18.9 Å². The van der Waals surface area contributed by atoms with E-state index in [-0.39, 0.29) is 32.0 Å². The minimum Gasteiger partial charge on any atom is -0.462 e. The molecule has 0 aromatic heterocycles. The lowest BCUT2D eigenvalue weighted by Gasteiger charge is -2.24. The molecule has 0 bridgehead atoms. The third-order valence-electron chi connectivity index (χ3n) is 17.5. The number of rotatable bonds is 74. The Hall–Kier alpha value is -3.59. The van der Waals surface area contributed by atoms with Gasteiger partial charge in [0.25, 0.3) is 0 Å². The smallest absolute Gasteiger partial charge is 0.462 e. The topological polar surface area (TPSA) is 108 Å². The molecule has 96 heavy (non-hydrogen) atoms. The predicted octanol–water partition coefficient (Wildman–Crippen LogP) is 26.9. The van der Waals surface area contributed by atoms with Crippen LogP contribution in [0.15, 0.2) is 122 Å². The highest BCUT2D eigenvalue weighted by Gasteiger charge is 2.27. The molecule has 1 N–H and O–H groups in total. The largest absolute Gasteiger partial charge is 0.472 e. The second kappa shape index (κ2) is 75.6. The predicted molar refractivity (Wildman–Crippen MR) is 418 cm³/mol. The molecular formula is C86H153NO8P+. The normalized spacial score (nSPS) is 13.7. The third kappa shape index (κ3) is 79.4. The number of carbonyl (C=O) groups excluding carboxylic acids is 2. The fraction of sp³-hybridized carbons (Fsp3) is 0.744. The molecule has 0 aliphatic rings. The summed E-state index contributed by atoms with van der Waals surface area (Å²) in [5.74, 6) is -0.782. The highest BCUT2D eigenvalue weighted by Crippen LogP contribution is 2.43. The van der Waals surface area contributed by atoms with Gasteiger partial charge in [0.1, 0.15) is 19.8 Å². The number of phosphoric acid groups is 1. The molecular weight excluding hydrogens is 1210 g/mol. The van der Waals surface area contributed by atoms with E-state index in [1.54, 1.807) is 0 Å². The van der Waals surface area contributed by atoms with Crippen molar-refractivity contribution in [1.29, 1.82) is 0 Å². The Morgan fingerprint density at radius 2 is 0.562 bits per heavy atom. The molecule has 0 spiro atoms. The fourth-order valence-electron chi connectivity index (χ4n) is 11.4. The number of carbonyl (C=O) groups is 2. The van der Waals surface area contributed by atoms with Crippen LogP contribution in [0, 0.1) is 0 Å². The number of hydrogen-bond donors (Lipinski definition) is 1. The van der Waals surface area contributed by atoms with E-state index in [0.29, 0.717) is 17.4 Å². The van der Waals surface area contributed by atoms with Crippen molar-refractivity contribution in [2.75, 3.05) is 47.5 Å². The molecule has 0 amide bonds. The first-order valence-electron chi connectivity index (χ1n) is 40.3. The molecule has 0 aromatic carbocycles. The number of likely N-dealkylation sites (N-methyl/N-ethyl adjacent to an activating group) is 1. The summed E-state index contributed by atoms with van der Waals surface area (Å²) in [5, 5.41) is 0. The number of esters is 2. The summed E-state index contributed by atoms with van der Waals surface area (Å²) in [6, 6.07) is 0. The first-order chi connectivity index (χ1) is 47.0. The van der Waals surface area contributed by atoms with Gasteiger partial charge in [0.05, 0.1) is 27.7 Å². The lowest BCUT2D eigenvalue weighted by Crippen LogP contribution is -2.37. The van der Waals surface area contributed by atoms with E-state index in [4.69, 9.17) is 18.5 Å². The standard InChI is InChI=1S/C86H152NO8P/c1-6-8-10-12-14-16-18-20-22-24-26-28-30-32-34-36-38-40-42-43-45-47-49-51-53-55-57-59-61-63-65-67-69-71-73-75-77-79-86(89)95-84(83-94-96(90,91)93-81-80-87(3,4)5)82-92-85(88)78-76-74-72-70-68-66-64-62-60-58-56-54-52-50-48-46-44-41-39-37-35-33-31-29-27-25-23-21-19-17-15-13-11-9-7-2/h8-11,14-17,20-23,26-29,32,34,38,40,84H,6-7,12-13,18-19,24-25,30-31,33,35-37,39,41-83H2,1-5H3/p+1/b10-8-,11-9-,16-14-,17-15-,22-20-,23-21-,28-26-,29-27-,34-32-,40-38-. The minimum absolute atomic E-state index is 0.0306. The minimum atomic E-state index is -4.40. The summed E-state index contributed by atoms with van der Waals surface area (Å²) in [6.07, 6.45) is 109. The second-order valence-corrected chi connectivity index (χ2v) is 29.5. The maximum Gasteiger partial charge on any atom is 0.472 e. The number of hydrogen-bond acceptors (Lipinski definition) is 7. The van der Waals surface area contributed by atoms with Crippen molar-refractivity contribution in [3.63, 3.8) is 0 Å². The maximum atomic E-state index is 12.9. The summed E-state index contributed by atoms with van der Waals surface area (Å²) < 4.78 is 34.8. The number of ether oxygens (including phenoxy) is 2.